The highest BCUT2D eigenvalue weighted by atomic mass is 16.1. The molecule has 2 heteroatoms. The second-order valence-corrected chi connectivity index (χ2v) is 3.24. The Balaban J connectivity index is 0. The zero-order valence-corrected chi connectivity index (χ0v) is 9.68. The highest BCUT2D eigenvalue weighted by molar-refractivity contribution is 6.23. The highest BCUT2D eigenvalue weighted by Gasteiger charge is 1.86. The molecule has 0 amide bonds. The van der Waals surface area contributed by atoms with Crippen LogP contribution in [0.3, 0.4) is 0 Å². The van der Waals surface area contributed by atoms with Gasteiger partial charge in [0, 0.05) is 6.42 Å². The van der Waals surface area contributed by atoms with Crippen LogP contribution < -0.4 is 0 Å². The fourth-order valence-corrected chi connectivity index (χ4v) is 0.401. The molecule has 0 unspecified atom stereocenters. The zero-order chi connectivity index (χ0) is 11.7. The van der Waals surface area contributed by atoms with E-state index in [9.17, 15) is 4.79 Å². The molecule has 0 aromatic carbocycles. The maximum absolute atomic E-state index is 9.81. The number of hydrogen-bond acceptors (Lipinski definition) is 1. The summed E-state index contributed by atoms with van der Waals surface area (Å²) in [5.74, 6) is 0.255. The van der Waals surface area contributed by atoms with Crippen LogP contribution in [0.25, 0.3) is 0 Å². The first kappa shape index (κ1) is 15.4. The van der Waals surface area contributed by atoms with E-state index in [-0.39, 0.29) is 5.78 Å². The van der Waals surface area contributed by atoms with Crippen molar-refractivity contribution in [3.8, 4) is 0 Å². The smallest absolute Gasteiger partial charge is 0.129 e. The number of allylic oxidation sites excluding steroid dienone is 4. The fourth-order valence-electron chi connectivity index (χ4n) is 0.401. The van der Waals surface area contributed by atoms with E-state index in [1.165, 1.54) is 0 Å². The van der Waals surface area contributed by atoms with E-state index in [0.717, 1.165) is 11.1 Å². The molecule has 1 nitrogen and oxygen atoms in total. The summed E-state index contributed by atoms with van der Waals surface area (Å²) in [6, 6.07) is 0. The van der Waals surface area contributed by atoms with Crippen LogP contribution in [0.1, 0.15) is 34.1 Å². The van der Waals surface area contributed by atoms with E-state index in [2.05, 4.69) is 13.2 Å². The quantitative estimate of drug-likeness (QED) is 0.493. The van der Waals surface area contributed by atoms with Crippen molar-refractivity contribution in [3.63, 3.8) is 0 Å². The molecule has 0 atom stereocenters. The number of carbonyl (C=O) groups excluding carboxylic acids is 1. The van der Waals surface area contributed by atoms with Crippen molar-refractivity contribution >= 4 is 13.6 Å². The largest absolute Gasteiger partial charge is 0.300 e. The van der Waals surface area contributed by atoms with E-state index in [1.807, 2.05) is 26.8 Å². The molecule has 0 bridgehead atoms. The normalized spacial score (nSPS) is 9.86. The average molecular weight is 190 g/mol. The van der Waals surface area contributed by atoms with Crippen molar-refractivity contribution < 1.29 is 4.79 Å². The van der Waals surface area contributed by atoms with Crippen LogP contribution in [0.15, 0.2) is 35.9 Å². The van der Waals surface area contributed by atoms with Crippen LogP contribution in [0.5, 0.6) is 0 Å². The lowest BCUT2D eigenvalue weighted by molar-refractivity contribution is -0.116. The number of rotatable bonds is 3. The van der Waals surface area contributed by atoms with Gasteiger partial charge in [0.2, 0.25) is 0 Å². The maximum atomic E-state index is 9.81. The molecule has 0 aromatic rings. The number of carbonyl (C=O) groups is 1. The minimum atomic E-state index is 0.255. The van der Waals surface area contributed by atoms with E-state index in [0.29, 0.717) is 11.9 Å². The number of ketones is 1. The Morgan fingerprint density at radius 3 is 1.71 bits per heavy atom. The molecule has 0 aliphatic carbocycles. The molecular weight excluding hydrogens is 171 g/mol. The summed E-state index contributed by atoms with van der Waals surface area (Å²) in [7, 11) is 5.32. The predicted molar refractivity (Wildman–Crippen MR) is 64.4 cm³/mol. The molecule has 0 aliphatic rings. The molecule has 0 rings (SSSR count). The molecule has 0 aromatic heterocycles. The Bertz CT molecular complexity index is 249. The minimum Gasteiger partial charge on any atom is -0.300 e. The van der Waals surface area contributed by atoms with Gasteiger partial charge in [-0.1, -0.05) is 25.2 Å². The maximum Gasteiger partial charge on any atom is 0.129 e. The second kappa shape index (κ2) is 8.55. The monoisotopic (exact) mass is 190 g/mol. The van der Waals surface area contributed by atoms with Crippen molar-refractivity contribution in [1.29, 1.82) is 0 Å². The van der Waals surface area contributed by atoms with Gasteiger partial charge < -0.3 is 4.79 Å². The second-order valence-electron chi connectivity index (χ2n) is 3.24. The van der Waals surface area contributed by atoms with Crippen molar-refractivity contribution in [2.45, 2.75) is 34.1 Å². The summed E-state index contributed by atoms with van der Waals surface area (Å²) in [6.45, 7) is 14.6. The van der Waals surface area contributed by atoms with Crippen molar-refractivity contribution in [3.05, 3.63) is 35.9 Å². The fraction of sp³-hybridized carbons (Fsp3) is 0.417. The van der Waals surface area contributed by atoms with Crippen LogP contribution in [0.4, 0.5) is 0 Å². The first-order valence-corrected chi connectivity index (χ1v) is 4.59. The van der Waals surface area contributed by atoms with Crippen LogP contribution in [0, 0.1) is 0 Å². The highest BCUT2D eigenvalue weighted by Crippen LogP contribution is 2.05. The van der Waals surface area contributed by atoms with Gasteiger partial charge in [0.15, 0.2) is 0 Å². The lowest BCUT2D eigenvalue weighted by Gasteiger charge is -1.96. The van der Waals surface area contributed by atoms with Crippen molar-refractivity contribution in [2.75, 3.05) is 0 Å². The van der Waals surface area contributed by atoms with Gasteiger partial charge in [0.25, 0.3) is 0 Å². The zero-order valence-electron chi connectivity index (χ0n) is 9.68. The third kappa shape index (κ3) is 13.5. The standard InChI is InChI=1S/C8H11B.C4H8O/c1-6(2)7(3)5-8(4)9;1-3-4(2)5/h5H,1,4H2,2-3H3;3H2,1-2H3/b7-5-;. The van der Waals surface area contributed by atoms with Gasteiger partial charge in [-0.2, -0.15) is 0 Å². The third-order valence-electron chi connectivity index (χ3n) is 1.57. The van der Waals surface area contributed by atoms with Gasteiger partial charge in [0.05, 0.1) is 0 Å². The summed E-state index contributed by atoms with van der Waals surface area (Å²) >= 11 is 0. The summed E-state index contributed by atoms with van der Waals surface area (Å²) in [5, 5.41) is 0. The van der Waals surface area contributed by atoms with Gasteiger partial charge in [-0.05, 0) is 26.3 Å². The lowest BCUT2D eigenvalue weighted by Crippen LogP contribution is -1.80. The van der Waals surface area contributed by atoms with Gasteiger partial charge in [0.1, 0.15) is 13.6 Å². The molecule has 0 saturated heterocycles. The van der Waals surface area contributed by atoms with Gasteiger partial charge in [-0.3, -0.25) is 0 Å². The molecule has 0 aliphatic heterocycles. The molecule has 0 heterocycles. The Morgan fingerprint density at radius 2 is 1.64 bits per heavy atom. The predicted octanol–water partition coefficient (Wildman–Crippen LogP) is 3.18. The van der Waals surface area contributed by atoms with Crippen LogP contribution in [0.2, 0.25) is 0 Å². The lowest BCUT2D eigenvalue weighted by atomic mass is 9.94. The van der Waals surface area contributed by atoms with Gasteiger partial charge in [-0.25, -0.2) is 0 Å². The molecule has 0 fully saturated rings. The summed E-state index contributed by atoms with van der Waals surface area (Å²) < 4.78 is 0. The molecule has 0 spiro atoms. The van der Waals surface area contributed by atoms with Crippen LogP contribution in [-0.4, -0.2) is 13.6 Å². The Hall–Kier alpha value is -1.05. The van der Waals surface area contributed by atoms with E-state index < -0.39 is 0 Å². The van der Waals surface area contributed by atoms with E-state index in [1.54, 1.807) is 6.92 Å². The summed E-state index contributed by atoms with van der Waals surface area (Å²) in [4.78, 5) is 9.81. The number of Topliss-reactive ketones (excluding diaryl/α,β-unsaturated/α-hetero) is 1. The van der Waals surface area contributed by atoms with E-state index in [4.69, 9.17) is 7.85 Å². The molecule has 76 valence electrons. The van der Waals surface area contributed by atoms with Gasteiger partial charge >= 0.3 is 0 Å². The van der Waals surface area contributed by atoms with Gasteiger partial charge in [-0.15, -0.1) is 12.1 Å². The molecular formula is C12H19BO. The molecule has 2 radical (unpaired) electrons. The van der Waals surface area contributed by atoms with Crippen LogP contribution >= 0.6 is 0 Å². The summed E-state index contributed by atoms with van der Waals surface area (Å²) in [6.07, 6.45) is 2.47. The first-order valence-electron chi connectivity index (χ1n) is 4.59. The molecule has 0 N–H and O–H groups in total. The average Bonchev–Trinajstić information content (AvgIpc) is 2.04. The van der Waals surface area contributed by atoms with Crippen molar-refractivity contribution in [1.82, 2.24) is 0 Å². The third-order valence-corrected chi connectivity index (χ3v) is 1.57. The minimum absolute atomic E-state index is 0.255. The van der Waals surface area contributed by atoms with Crippen LogP contribution in [-0.2, 0) is 4.79 Å². The Kier molecular flexibility index (Phi) is 9.42. The Morgan fingerprint density at radius 1 is 1.29 bits per heavy atom. The number of hydrogen-bond donors (Lipinski definition) is 0. The van der Waals surface area contributed by atoms with E-state index >= 15 is 0 Å². The SMILES string of the molecule is CCC(C)=O.[B]C(=C)/C=C(/C)C(=C)C. The van der Waals surface area contributed by atoms with Crippen molar-refractivity contribution in [2.24, 2.45) is 0 Å². The Labute approximate surface area is 89.0 Å². The summed E-state index contributed by atoms with van der Waals surface area (Å²) in [5.41, 5.74) is 2.69. The molecule has 0 saturated carbocycles. The first-order chi connectivity index (χ1) is 6.31. The topological polar surface area (TPSA) is 17.1 Å². The molecule has 14 heavy (non-hydrogen) atoms.